The molecule has 2 aromatic rings. The molecule has 0 bridgehead atoms. The van der Waals surface area contributed by atoms with Gasteiger partial charge in [-0.2, -0.15) is 0 Å². The zero-order chi connectivity index (χ0) is 13.7. The van der Waals surface area contributed by atoms with Gasteiger partial charge in [0, 0.05) is 6.54 Å². The van der Waals surface area contributed by atoms with E-state index in [4.69, 9.17) is 10.6 Å². The third-order valence-corrected chi connectivity index (χ3v) is 4.15. The smallest absolute Gasteiger partial charge is 0.200 e. The Morgan fingerprint density at radius 1 is 1.32 bits per heavy atom. The van der Waals surface area contributed by atoms with Crippen LogP contribution in [0.5, 0.6) is 5.75 Å². The first kappa shape index (κ1) is 14.1. The van der Waals surface area contributed by atoms with Gasteiger partial charge in [0.25, 0.3) is 0 Å². The minimum Gasteiger partial charge on any atom is -0.494 e. The van der Waals surface area contributed by atoms with E-state index in [9.17, 15) is 0 Å². The van der Waals surface area contributed by atoms with E-state index >= 15 is 0 Å². The van der Waals surface area contributed by atoms with Crippen molar-refractivity contribution in [2.24, 2.45) is 5.84 Å². The van der Waals surface area contributed by atoms with Crippen LogP contribution in [0.25, 0.3) is 10.2 Å². The molecule has 0 spiro atoms. The van der Waals surface area contributed by atoms with E-state index in [2.05, 4.69) is 11.9 Å². The van der Waals surface area contributed by atoms with Crippen molar-refractivity contribution in [3.8, 4) is 5.75 Å². The predicted molar refractivity (Wildman–Crippen MR) is 81.8 cm³/mol. The van der Waals surface area contributed by atoms with Crippen molar-refractivity contribution in [3.05, 3.63) is 18.2 Å². The van der Waals surface area contributed by atoms with Crippen LogP contribution < -0.4 is 15.6 Å². The van der Waals surface area contributed by atoms with Gasteiger partial charge in [-0.25, -0.2) is 10.8 Å². The lowest BCUT2D eigenvalue weighted by Crippen LogP contribution is -2.31. The van der Waals surface area contributed by atoms with Gasteiger partial charge in [0.2, 0.25) is 5.13 Å². The average molecular weight is 279 g/mol. The number of nitrogens with zero attached hydrogens (tertiary/aromatic N) is 2. The van der Waals surface area contributed by atoms with Crippen LogP contribution in [-0.4, -0.2) is 18.6 Å². The van der Waals surface area contributed by atoms with Crippen LogP contribution in [0.3, 0.4) is 0 Å². The molecule has 2 N–H and O–H groups in total. The van der Waals surface area contributed by atoms with Gasteiger partial charge in [0.1, 0.15) is 11.3 Å². The highest BCUT2D eigenvalue weighted by Gasteiger charge is 2.11. The molecular weight excluding hydrogens is 258 g/mol. The molecule has 104 valence electrons. The number of hydrogen-bond donors (Lipinski definition) is 1. The molecule has 0 aliphatic rings. The number of rotatable bonds is 7. The first-order chi connectivity index (χ1) is 9.26. The third-order valence-electron chi connectivity index (χ3n) is 3.09. The van der Waals surface area contributed by atoms with Crippen molar-refractivity contribution in [1.82, 2.24) is 4.98 Å². The van der Waals surface area contributed by atoms with E-state index < -0.39 is 0 Å². The van der Waals surface area contributed by atoms with Crippen molar-refractivity contribution in [2.45, 2.75) is 32.6 Å². The number of nitrogens with two attached hydrogens (primary N) is 1. The second-order valence-electron chi connectivity index (χ2n) is 4.56. The first-order valence-electron chi connectivity index (χ1n) is 6.72. The van der Waals surface area contributed by atoms with Gasteiger partial charge < -0.3 is 4.74 Å². The van der Waals surface area contributed by atoms with Gasteiger partial charge in [0.15, 0.2) is 0 Å². The number of benzene rings is 1. The Morgan fingerprint density at radius 2 is 2.16 bits per heavy atom. The van der Waals surface area contributed by atoms with E-state index in [0.29, 0.717) is 0 Å². The number of methoxy groups -OCH3 is 1. The number of hydrogen-bond acceptors (Lipinski definition) is 5. The molecule has 19 heavy (non-hydrogen) atoms. The van der Waals surface area contributed by atoms with Crippen molar-refractivity contribution in [2.75, 3.05) is 18.7 Å². The SMILES string of the molecule is CCCCCCN(N)c1nc2c(OC)cccc2s1. The second kappa shape index (κ2) is 6.73. The summed E-state index contributed by atoms with van der Waals surface area (Å²) in [6, 6.07) is 5.95. The Labute approximate surface area is 118 Å². The molecule has 0 radical (unpaired) electrons. The zero-order valence-corrected chi connectivity index (χ0v) is 12.4. The van der Waals surface area contributed by atoms with Crippen molar-refractivity contribution < 1.29 is 4.74 Å². The fourth-order valence-corrected chi connectivity index (χ4v) is 2.94. The Kier molecular flexibility index (Phi) is 4.99. The normalized spacial score (nSPS) is 10.9. The quantitative estimate of drug-likeness (QED) is 0.478. The van der Waals surface area contributed by atoms with Crippen molar-refractivity contribution in [3.63, 3.8) is 0 Å². The largest absolute Gasteiger partial charge is 0.494 e. The van der Waals surface area contributed by atoms with Crippen LogP contribution in [0.1, 0.15) is 32.6 Å². The topological polar surface area (TPSA) is 51.4 Å². The Balaban J connectivity index is 2.08. The Hall–Kier alpha value is -1.33. The molecule has 0 fully saturated rings. The first-order valence-corrected chi connectivity index (χ1v) is 7.53. The predicted octanol–water partition coefficient (Wildman–Crippen LogP) is 3.57. The molecule has 0 aliphatic carbocycles. The highest BCUT2D eigenvalue weighted by atomic mass is 32.1. The summed E-state index contributed by atoms with van der Waals surface area (Å²) in [6.07, 6.45) is 4.83. The highest BCUT2D eigenvalue weighted by molar-refractivity contribution is 7.22. The number of ether oxygens (including phenoxy) is 1. The summed E-state index contributed by atoms with van der Waals surface area (Å²) >= 11 is 1.61. The van der Waals surface area contributed by atoms with Crippen LogP contribution in [0, 0.1) is 0 Å². The number of thiazole rings is 1. The van der Waals surface area contributed by atoms with Crippen molar-refractivity contribution >= 4 is 26.7 Å². The van der Waals surface area contributed by atoms with E-state index in [1.165, 1.54) is 19.3 Å². The van der Waals surface area contributed by atoms with Gasteiger partial charge in [-0.1, -0.05) is 43.6 Å². The van der Waals surface area contributed by atoms with E-state index in [1.807, 2.05) is 18.2 Å². The maximum atomic E-state index is 6.07. The summed E-state index contributed by atoms with van der Waals surface area (Å²) in [5.74, 6) is 6.88. The van der Waals surface area contributed by atoms with Crippen LogP contribution in [-0.2, 0) is 0 Å². The molecule has 0 saturated heterocycles. The molecule has 1 aromatic carbocycles. The molecule has 4 nitrogen and oxygen atoms in total. The monoisotopic (exact) mass is 279 g/mol. The minimum absolute atomic E-state index is 0.805. The summed E-state index contributed by atoms with van der Waals surface area (Å²) in [7, 11) is 1.67. The number of unbranched alkanes of at least 4 members (excludes halogenated alkanes) is 3. The van der Waals surface area contributed by atoms with E-state index in [1.54, 1.807) is 23.5 Å². The average Bonchev–Trinajstić information content (AvgIpc) is 2.87. The summed E-state index contributed by atoms with van der Waals surface area (Å²) < 4.78 is 6.43. The van der Waals surface area contributed by atoms with Crippen LogP contribution in [0.15, 0.2) is 18.2 Å². The molecule has 2 rings (SSSR count). The van der Waals surface area contributed by atoms with Gasteiger partial charge in [-0.3, -0.25) is 5.01 Å². The lowest BCUT2D eigenvalue weighted by atomic mass is 10.2. The van der Waals surface area contributed by atoms with Crippen LogP contribution >= 0.6 is 11.3 Å². The maximum absolute atomic E-state index is 6.07. The van der Waals surface area contributed by atoms with Crippen LogP contribution in [0.2, 0.25) is 0 Å². The number of aromatic nitrogens is 1. The maximum Gasteiger partial charge on any atom is 0.200 e. The summed E-state index contributed by atoms with van der Waals surface area (Å²) in [4.78, 5) is 4.58. The number of hydrazine groups is 1. The molecule has 0 amide bonds. The number of para-hydroxylation sites is 1. The van der Waals surface area contributed by atoms with Gasteiger partial charge in [-0.05, 0) is 18.6 Å². The summed E-state index contributed by atoms with van der Waals surface area (Å²) in [5.41, 5.74) is 0.897. The standard InChI is InChI=1S/C14H21N3OS/c1-3-4-5-6-10-17(15)14-16-13-11(18-2)8-7-9-12(13)19-14/h7-9H,3-6,10,15H2,1-2H3. The van der Waals surface area contributed by atoms with Gasteiger partial charge in [0.05, 0.1) is 11.8 Å². The van der Waals surface area contributed by atoms with Gasteiger partial charge >= 0.3 is 0 Å². The molecule has 5 heteroatoms. The lowest BCUT2D eigenvalue weighted by Gasteiger charge is -2.14. The number of fused-ring (bicyclic) bond motifs is 1. The Morgan fingerprint density at radius 3 is 2.89 bits per heavy atom. The molecule has 1 aromatic heterocycles. The highest BCUT2D eigenvalue weighted by Crippen LogP contribution is 2.33. The van der Waals surface area contributed by atoms with Gasteiger partial charge in [-0.15, -0.1) is 0 Å². The molecule has 0 aliphatic heterocycles. The number of anilines is 1. The van der Waals surface area contributed by atoms with Crippen LogP contribution in [0.4, 0.5) is 5.13 Å². The fraction of sp³-hybridized carbons (Fsp3) is 0.500. The molecular formula is C14H21N3OS. The molecule has 1 heterocycles. The zero-order valence-electron chi connectivity index (χ0n) is 11.6. The summed E-state index contributed by atoms with van der Waals surface area (Å²) in [6.45, 7) is 3.06. The van der Waals surface area contributed by atoms with Crippen molar-refractivity contribution in [1.29, 1.82) is 0 Å². The second-order valence-corrected chi connectivity index (χ2v) is 5.57. The molecule has 0 saturated carbocycles. The third kappa shape index (κ3) is 3.36. The fourth-order valence-electron chi connectivity index (χ4n) is 2.00. The van der Waals surface area contributed by atoms with E-state index in [-0.39, 0.29) is 0 Å². The summed E-state index contributed by atoms with van der Waals surface area (Å²) in [5, 5.41) is 2.61. The molecule has 0 unspecified atom stereocenters. The minimum atomic E-state index is 0.805. The lowest BCUT2D eigenvalue weighted by molar-refractivity contribution is 0.419. The van der Waals surface area contributed by atoms with E-state index in [0.717, 1.165) is 34.1 Å². The molecule has 0 atom stereocenters. The Bertz CT molecular complexity index is 526.